The van der Waals surface area contributed by atoms with Crippen LogP contribution in [0, 0.1) is 5.92 Å². The first-order valence-corrected chi connectivity index (χ1v) is 15.0. The van der Waals surface area contributed by atoms with Crippen molar-refractivity contribution in [2.24, 2.45) is 5.92 Å². The van der Waals surface area contributed by atoms with Crippen LogP contribution in [-0.2, 0) is 14.6 Å². The highest BCUT2D eigenvalue weighted by Crippen LogP contribution is 2.32. The Morgan fingerprint density at radius 1 is 1.06 bits per heavy atom. The predicted octanol–water partition coefficient (Wildman–Crippen LogP) is 4.60. The zero-order valence-corrected chi connectivity index (χ0v) is 22.0. The van der Waals surface area contributed by atoms with Gasteiger partial charge in [-0.3, -0.25) is 0 Å². The summed E-state index contributed by atoms with van der Waals surface area (Å²) in [5, 5.41) is 11.2. The van der Waals surface area contributed by atoms with Crippen molar-refractivity contribution in [1.29, 1.82) is 0 Å². The van der Waals surface area contributed by atoms with Gasteiger partial charge in [0.1, 0.15) is 15.7 Å². The second-order valence-corrected chi connectivity index (χ2v) is 12.5. The lowest BCUT2D eigenvalue weighted by molar-refractivity contribution is 0.0699. The van der Waals surface area contributed by atoms with Gasteiger partial charge >= 0.3 is 0 Å². The predicted molar refractivity (Wildman–Crippen MR) is 144 cm³/mol. The van der Waals surface area contributed by atoms with Crippen molar-refractivity contribution in [3.63, 3.8) is 0 Å². The SMILES string of the molecule is CS(=O)(=O)CCNC1CCC(Nc2cc(-c3cccc(NCC4CCOCC4)c3)c(Cl)cn2)CC1. The molecule has 35 heavy (non-hydrogen) atoms. The highest BCUT2D eigenvalue weighted by Gasteiger charge is 2.21. The second-order valence-electron chi connectivity index (χ2n) is 9.84. The minimum atomic E-state index is -2.92. The van der Waals surface area contributed by atoms with Gasteiger partial charge in [0.2, 0.25) is 0 Å². The summed E-state index contributed by atoms with van der Waals surface area (Å²) < 4.78 is 28.1. The highest BCUT2D eigenvalue weighted by molar-refractivity contribution is 7.90. The monoisotopic (exact) mass is 520 g/mol. The Labute approximate surface area is 214 Å². The molecule has 192 valence electrons. The summed E-state index contributed by atoms with van der Waals surface area (Å²) in [5.41, 5.74) is 3.13. The van der Waals surface area contributed by atoms with Crippen molar-refractivity contribution in [3.05, 3.63) is 41.6 Å². The Morgan fingerprint density at radius 3 is 2.54 bits per heavy atom. The van der Waals surface area contributed by atoms with Crippen LogP contribution < -0.4 is 16.0 Å². The van der Waals surface area contributed by atoms with Crippen LogP contribution in [0.3, 0.4) is 0 Å². The van der Waals surface area contributed by atoms with Crippen LogP contribution in [0.15, 0.2) is 36.5 Å². The van der Waals surface area contributed by atoms with E-state index in [1.165, 1.54) is 6.26 Å². The quantitative estimate of drug-likeness (QED) is 0.421. The van der Waals surface area contributed by atoms with E-state index in [4.69, 9.17) is 16.3 Å². The molecule has 0 unspecified atom stereocenters. The molecule has 0 bridgehead atoms. The van der Waals surface area contributed by atoms with Gasteiger partial charge < -0.3 is 20.7 Å². The number of pyridine rings is 1. The van der Waals surface area contributed by atoms with E-state index in [1.54, 1.807) is 6.20 Å². The summed E-state index contributed by atoms with van der Waals surface area (Å²) >= 11 is 6.55. The van der Waals surface area contributed by atoms with Gasteiger partial charge in [0.25, 0.3) is 0 Å². The fourth-order valence-corrected chi connectivity index (χ4v) is 5.55. The first-order valence-electron chi connectivity index (χ1n) is 12.6. The smallest absolute Gasteiger partial charge is 0.148 e. The van der Waals surface area contributed by atoms with E-state index in [-0.39, 0.29) is 5.75 Å². The van der Waals surface area contributed by atoms with Gasteiger partial charge in [-0.1, -0.05) is 23.7 Å². The largest absolute Gasteiger partial charge is 0.385 e. The third kappa shape index (κ3) is 8.34. The number of rotatable bonds is 10. The van der Waals surface area contributed by atoms with Gasteiger partial charge in [0, 0.05) is 62.1 Å². The molecule has 1 aliphatic heterocycles. The molecule has 9 heteroatoms. The Balaban J connectivity index is 1.32. The molecule has 1 saturated carbocycles. The summed E-state index contributed by atoms with van der Waals surface area (Å²) in [6, 6.07) is 11.1. The lowest BCUT2D eigenvalue weighted by Gasteiger charge is -2.30. The molecule has 2 aromatic rings. The van der Waals surface area contributed by atoms with E-state index in [1.807, 2.05) is 6.07 Å². The average Bonchev–Trinajstić information content (AvgIpc) is 2.85. The van der Waals surface area contributed by atoms with Crippen LogP contribution in [0.1, 0.15) is 38.5 Å². The van der Waals surface area contributed by atoms with Gasteiger partial charge in [0.15, 0.2) is 0 Å². The molecular weight excluding hydrogens is 484 g/mol. The molecule has 7 nitrogen and oxygen atoms in total. The molecule has 1 aromatic heterocycles. The van der Waals surface area contributed by atoms with Crippen molar-refractivity contribution in [2.45, 2.75) is 50.6 Å². The molecule has 2 fully saturated rings. The molecule has 0 radical (unpaired) electrons. The van der Waals surface area contributed by atoms with Crippen LogP contribution in [0.5, 0.6) is 0 Å². The van der Waals surface area contributed by atoms with Crippen molar-refractivity contribution < 1.29 is 13.2 Å². The molecule has 2 aliphatic rings. The first-order chi connectivity index (χ1) is 16.9. The highest BCUT2D eigenvalue weighted by atomic mass is 35.5. The molecule has 0 atom stereocenters. The summed E-state index contributed by atoms with van der Waals surface area (Å²) in [7, 11) is -2.92. The number of aromatic nitrogens is 1. The number of hydrogen-bond acceptors (Lipinski definition) is 7. The minimum absolute atomic E-state index is 0.189. The summed E-state index contributed by atoms with van der Waals surface area (Å²) in [5.74, 6) is 1.67. The van der Waals surface area contributed by atoms with Crippen LogP contribution in [0.4, 0.5) is 11.5 Å². The second kappa shape index (κ2) is 12.4. The van der Waals surface area contributed by atoms with Crippen molar-refractivity contribution in [1.82, 2.24) is 10.3 Å². The maximum atomic E-state index is 11.3. The van der Waals surface area contributed by atoms with Gasteiger partial charge in [-0.2, -0.15) is 0 Å². The van der Waals surface area contributed by atoms with Gasteiger partial charge in [-0.05, 0) is 68.2 Å². The van der Waals surface area contributed by atoms with Crippen LogP contribution >= 0.6 is 11.6 Å². The van der Waals surface area contributed by atoms with Crippen LogP contribution in [-0.4, -0.2) is 63.8 Å². The number of ether oxygens (including phenoxy) is 1. The van der Waals surface area contributed by atoms with Crippen molar-refractivity contribution >= 4 is 32.9 Å². The third-order valence-electron chi connectivity index (χ3n) is 6.95. The van der Waals surface area contributed by atoms with Crippen LogP contribution in [0.25, 0.3) is 11.1 Å². The summed E-state index contributed by atoms with van der Waals surface area (Å²) in [6.07, 6.45) is 9.28. The van der Waals surface area contributed by atoms with E-state index in [2.05, 4.69) is 45.2 Å². The average molecular weight is 521 g/mol. The molecule has 0 amide bonds. The zero-order valence-electron chi connectivity index (χ0n) is 20.4. The number of hydrogen-bond donors (Lipinski definition) is 3. The van der Waals surface area contributed by atoms with E-state index < -0.39 is 9.84 Å². The Morgan fingerprint density at radius 2 is 1.80 bits per heavy atom. The fraction of sp³-hybridized carbons (Fsp3) is 0.577. The fourth-order valence-electron chi connectivity index (χ4n) is 4.85. The number of nitrogens with one attached hydrogen (secondary N) is 3. The molecule has 0 spiro atoms. The molecule has 4 rings (SSSR count). The standard InChI is InChI=1S/C26H37ClN4O3S/c1-35(32,33)14-11-28-21-5-7-22(8-6-21)31-26-16-24(25(27)18-30-26)20-3-2-4-23(15-20)29-17-19-9-12-34-13-10-19/h2-4,15-16,18-19,21-22,28-29H,5-14,17H2,1H3,(H,30,31). The number of halogens is 1. The van der Waals surface area contributed by atoms with Gasteiger partial charge in [-0.15, -0.1) is 0 Å². The van der Waals surface area contributed by atoms with Crippen molar-refractivity contribution in [3.8, 4) is 11.1 Å². The van der Waals surface area contributed by atoms with E-state index in [0.29, 0.717) is 29.6 Å². The maximum absolute atomic E-state index is 11.3. The number of nitrogens with zero attached hydrogens (tertiary/aromatic N) is 1. The molecular formula is C26H37ClN4O3S. The van der Waals surface area contributed by atoms with Gasteiger partial charge in [0.05, 0.1) is 10.8 Å². The summed E-state index contributed by atoms with van der Waals surface area (Å²) in [6.45, 7) is 3.19. The van der Waals surface area contributed by atoms with Crippen LogP contribution in [0.2, 0.25) is 5.02 Å². The molecule has 2 heterocycles. The lowest BCUT2D eigenvalue weighted by atomic mass is 9.91. The molecule has 3 N–H and O–H groups in total. The zero-order chi connectivity index (χ0) is 24.7. The van der Waals surface area contributed by atoms with E-state index in [0.717, 1.165) is 80.9 Å². The maximum Gasteiger partial charge on any atom is 0.148 e. The Kier molecular flexibility index (Phi) is 9.27. The number of sulfone groups is 1. The minimum Gasteiger partial charge on any atom is -0.385 e. The van der Waals surface area contributed by atoms with Crippen molar-refractivity contribution in [2.75, 3.05) is 48.9 Å². The van der Waals surface area contributed by atoms with Gasteiger partial charge in [-0.25, -0.2) is 13.4 Å². The Hall–Kier alpha value is -1.87. The number of benzene rings is 1. The third-order valence-corrected chi connectivity index (χ3v) is 8.20. The summed E-state index contributed by atoms with van der Waals surface area (Å²) in [4.78, 5) is 4.52. The lowest BCUT2D eigenvalue weighted by Crippen LogP contribution is -2.38. The topological polar surface area (TPSA) is 92.4 Å². The van der Waals surface area contributed by atoms with E-state index in [9.17, 15) is 8.42 Å². The first kappa shape index (κ1) is 26.2. The molecule has 1 aromatic carbocycles. The normalized spacial score (nSPS) is 21.5. The Bertz CT molecular complexity index is 1070. The number of anilines is 2. The molecule has 1 aliphatic carbocycles. The molecule has 1 saturated heterocycles. The van der Waals surface area contributed by atoms with E-state index >= 15 is 0 Å².